The average molecular weight is 275 g/mol. The van der Waals surface area contributed by atoms with E-state index in [1.54, 1.807) is 26.2 Å². The van der Waals surface area contributed by atoms with Crippen LogP contribution < -0.4 is 5.32 Å². The number of pyridine rings is 1. The molecule has 0 saturated heterocycles. The van der Waals surface area contributed by atoms with E-state index in [9.17, 15) is 10.1 Å². The molecule has 0 aromatic carbocycles. The Morgan fingerprint density at radius 3 is 2.70 bits per heavy atom. The molecule has 0 atom stereocenters. The molecule has 0 amide bonds. The Balaban J connectivity index is 2.09. The first-order chi connectivity index (χ1) is 9.50. The van der Waals surface area contributed by atoms with Gasteiger partial charge in [0.05, 0.1) is 17.2 Å². The average Bonchev–Trinajstić information content (AvgIpc) is 2.78. The van der Waals surface area contributed by atoms with Crippen molar-refractivity contribution in [3.05, 3.63) is 51.4 Å². The third kappa shape index (κ3) is 2.83. The Morgan fingerprint density at radius 2 is 2.10 bits per heavy atom. The summed E-state index contributed by atoms with van der Waals surface area (Å²) in [5, 5.41) is 14.2. The van der Waals surface area contributed by atoms with E-state index >= 15 is 0 Å². The van der Waals surface area contributed by atoms with Crippen molar-refractivity contribution >= 4 is 5.69 Å². The normalized spacial score (nSPS) is 10.8. The van der Waals surface area contributed by atoms with Crippen molar-refractivity contribution in [2.75, 3.05) is 0 Å². The summed E-state index contributed by atoms with van der Waals surface area (Å²) < 4.78 is 1.92. The molecule has 2 aromatic rings. The zero-order valence-electron chi connectivity index (χ0n) is 11.8. The lowest BCUT2D eigenvalue weighted by atomic mass is 10.1. The molecule has 0 aliphatic carbocycles. The fourth-order valence-electron chi connectivity index (χ4n) is 2.08. The molecule has 106 valence electrons. The third-order valence-electron chi connectivity index (χ3n) is 3.25. The number of imidazole rings is 1. The van der Waals surface area contributed by atoms with Crippen LogP contribution in [0.2, 0.25) is 0 Å². The first kappa shape index (κ1) is 14.1. The van der Waals surface area contributed by atoms with Crippen LogP contribution in [0.5, 0.6) is 0 Å². The number of nitrogens with zero attached hydrogens (tertiary/aromatic N) is 4. The molecule has 0 aliphatic heterocycles. The molecule has 1 N–H and O–H groups in total. The van der Waals surface area contributed by atoms with E-state index in [0.717, 1.165) is 5.82 Å². The standard InChI is InChI=1S/C13H17N5O2/c1-9-6-16-11(10(2)13(9)18(19)20)7-14-8-12-15-4-5-17(12)3/h4-6,14H,7-8H2,1-3H3. The minimum Gasteiger partial charge on any atom is -0.337 e. The van der Waals surface area contributed by atoms with Crippen molar-refractivity contribution in [3.63, 3.8) is 0 Å². The van der Waals surface area contributed by atoms with Crippen LogP contribution in [0.3, 0.4) is 0 Å². The van der Waals surface area contributed by atoms with E-state index in [1.807, 2.05) is 17.8 Å². The molecular formula is C13H17N5O2. The van der Waals surface area contributed by atoms with E-state index in [4.69, 9.17) is 0 Å². The highest BCUT2D eigenvalue weighted by Gasteiger charge is 2.18. The quantitative estimate of drug-likeness (QED) is 0.662. The minimum absolute atomic E-state index is 0.147. The molecule has 0 unspecified atom stereocenters. The topological polar surface area (TPSA) is 85.9 Å². The first-order valence-electron chi connectivity index (χ1n) is 6.27. The van der Waals surface area contributed by atoms with Crippen LogP contribution in [0, 0.1) is 24.0 Å². The van der Waals surface area contributed by atoms with Crippen molar-refractivity contribution in [3.8, 4) is 0 Å². The molecular weight excluding hydrogens is 258 g/mol. The molecule has 0 bridgehead atoms. The van der Waals surface area contributed by atoms with Crippen LogP contribution in [0.1, 0.15) is 22.6 Å². The lowest BCUT2D eigenvalue weighted by molar-refractivity contribution is -0.386. The molecule has 2 rings (SSSR count). The summed E-state index contributed by atoms with van der Waals surface area (Å²) in [6.07, 6.45) is 5.15. The van der Waals surface area contributed by atoms with Crippen molar-refractivity contribution in [2.24, 2.45) is 7.05 Å². The lowest BCUT2D eigenvalue weighted by Crippen LogP contribution is -2.17. The van der Waals surface area contributed by atoms with Gasteiger partial charge in [0.2, 0.25) is 0 Å². The van der Waals surface area contributed by atoms with Gasteiger partial charge in [-0.25, -0.2) is 4.98 Å². The predicted octanol–water partition coefficient (Wildman–Crippen LogP) is 1.63. The van der Waals surface area contributed by atoms with Gasteiger partial charge < -0.3 is 9.88 Å². The largest absolute Gasteiger partial charge is 0.337 e. The van der Waals surface area contributed by atoms with Gasteiger partial charge in [-0.3, -0.25) is 15.1 Å². The molecule has 2 heterocycles. The Morgan fingerprint density at radius 1 is 1.35 bits per heavy atom. The minimum atomic E-state index is -0.353. The zero-order chi connectivity index (χ0) is 14.7. The lowest BCUT2D eigenvalue weighted by Gasteiger charge is -2.08. The van der Waals surface area contributed by atoms with Crippen molar-refractivity contribution in [1.29, 1.82) is 0 Å². The maximum absolute atomic E-state index is 11.0. The Bertz CT molecular complexity index is 636. The molecule has 7 nitrogen and oxygen atoms in total. The van der Waals surface area contributed by atoms with Gasteiger partial charge in [-0.15, -0.1) is 0 Å². The van der Waals surface area contributed by atoms with Gasteiger partial charge in [0.25, 0.3) is 5.69 Å². The number of nitro groups is 1. The van der Waals surface area contributed by atoms with Crippen LogP contribution in [0.25, 0.3) is 0 Å². The number of nitrogens with one attached hydrogen (secondary N) is 1. The Labute approximate surface area is 116 Å². The summed E-state index contributed by atoms with van der Waals surface area (Å²) in [6.45, 7) is 4.49. The predicted molar refractivity (Wildman–Crippen MR) is 74.1 cm³/mol. The molecule has 0 aliphatic rings. The molecule has 0 saturated carbocycles. The second kappa shape index (κ2) is 5.79. The highest BCUT2D eigenvalue weighted by atomic mass is 16.6. The number of hydrogen-bond donors (Lipinski definition) is 1. The molecule has 0 fully saturated rings. The first-order valence-corrected chi connectivity index (χ1v) is 6.27. The summed E-state index contributed by atoms with van der Waals surface area (Å²) >= 11 is 0. The van der Waals surface area contributed by atoms with Crippen LogP contribution in [-0.2, 0) is 20.1 Å². The van der Waals surface area contributed by atoms with Crippen LogP contribution >= 0.6 is 0 Å². The number of hydrogen-bond acceptors (Lipinski definition) is 5. The summed E-state index contributed by atoms with van der Waals surface area (Å²) in [7, 11) is 1.92. The van der Waals surface area contributed by atoms with Gasteiger partial charge in [-0.1, -0.05) is 0 Å². The second-order valence-electron chi connectivity index (χ2n) is 4.68. The highest BCUT2D eigenvalue weighted by molar-refractivity contribution is 5.47. The molecule has 0 radical (unpaired) electrons. The van der Waals surface area contributed by atoms with Gasteiger partial charge in [0.1, 0.15) is 5.82 Å². The molecule has 20 heavy (non-hydrogen) atoms. The highest BCUT2D eigenvalue weighted by Crippen LogP contribution is 2.23. The summed E-state index contributed by atoms with van der Waals surface area (Å²) in [4.78, 5) is 19.2. The SMILES string of the molecule is Cc1cnc(CNCc2nccn2C)c(C)c1[N+](=O)[O-]. The monoisotopic (exact) mass is 275 g/mol. The summed E-state index contributed by atoms with van der Waals surface area (Å²) in [5.74, 6) is 0.907. The van der Waals surface area contributed by atoms with E-state index in [1.165, 1.54) is 0 Å². The van der Waals surface area contributed by atoms with Gasteiger partial charge >= 0.3 is 0 Å². The maximum atomic E-state index is 11.0. The number of rotatable bonds is 5. The third-order valence-corrected chi connectivity index (χ3v) is 3.25. The summed E-state index contributed by atoms with van der Waals surface area (Å²) in [5.41, 5.74) is 2.04. The Kier molecular flexibility index (Phi) is 4.09. The van der Waals surface area contributed by atoms with E-state index in [0.29, 0.717) is 29.9 Å². The van der Waals surface area contributed by atoms with E-state index in [2.05, 4.69) is 15.3 Å². The van der Waals surface area contributed by atoms with Crippen LogP contribution in [-0.4, -0.2) is 19.5 Å². The summed E-state index contributed by atoms with van der Waals surface area (Å²) in [6, 6.07) is 0. The maximum Gasteiger partial charge on any atom is 0.278 e. The number of aromatic nitrogens is 3. The smallest absolute Gasteiger partial charge is 0.278 e. The molecule has 0 spiro atoms. The fraction of sp³-hybridized carbons (Fsp3) is 0.385. The van der Waals surface area contributed by atoms with Crippen molar-refractivity contribution < 1.29 is 4.92 Å². The van der Waals surface area contributed by atoms with Gasteiger partial charge in [0.15, 0.2) is 0 Å². The molecule has 2 aromatic heterocycles. The van der Waals surface area contributed by atoms with Gasteiger partial charge in [0, 0.05) is 43.3 Å². The van der Waals surface area contributed by atoms with Crippen molar-refractivity contribution in [1.82, 2.24) is 19.9 Å². The van der Waals surface area contributed by atoms with E-state index < -0.39 is 0 Å². The second-order valence-corrected chi connectivity index (χ2v) is 4.68. The number of aryl methyl sites for hydroxylation is 2. The Hall–Kier alpha value is -2.28. The van der Waals surface area contributed by atoms with Gasteiger partial charge in [-0.2, -0.15) is 0 Å². The van der Waals surface area contributed by atoms with Gasteiger partial charge in [-0.05, 0) is 13.8 Å². The van der Waals surface area contributed by atoms with Crippen LogP contribution in [0.4, 0.5) is 5.69 Å². The van der Waals surface area contributed by atoms with E-state index in [-0.39, 0.29) is 10.6 Å². The molecule has 7 heteroatoms. The fourth-order valence-corrected chi connectivity index (χ4v) is 2.08. The van der Waals surface area contributed by atoms with Crippen LogP contribution in [0.15, 0.2) is 18.6 Å². The zero-order valence-corrected chi connectivity index (χ0v) is 11.8. The van der Waals surface area contributed by atoms with Crippen molar-refractivity contribution in [2.45, 2.75) is 26.9 Å².